The minimum atomic E-state index is 0.119. The number of nitrogens with one attached hydrogen (secondary N) is 1. The molecule has 0 saturated heterocycles. The van der Waals surface area contributed by atoms with Crippen LogP contribution < -0.4 is 5.32 Å². The van der Waals surface area contributed by atoms with Crippen LogP contribution in [0.5, 0.6) is 0 Å². The number of aromatic nitrogens is 4. The molecule has 0 bridgehead atoms. The van der Waals surface area contributed by atoms with Gasteiger partial charge in [0.2, 0.25) is 0 Å². The van der Waals surface area contributed by atoms with Gasteiger partial charge in [0, 0.05) is 25.1 Å². The molecule has 16 heavy (non-hydrogen) atoms. The van der Waals surface area contributed by atoms with Gasteiger partial charge in [0.05, 0.1) is 6.04 Å². The first-order chi connectivity index (χ1) is 7.68. The SMILES string of the molecule is Cc1cnccc1NC(C)c1nncn1C. The fourth-order valence-electron chi connectivity index (χ4n) is 1.62. The Morgan fingerprint density at radius 2 is 2.25 bits per heavy atom. The van der Waals surface area contributed by atoms with Crippen LogP contribution in [0.15, 0.2) is 24.8 Å². The van der Waals surface area contributed by atoms with Crippen LogP contribution in [-0.2, 0) is 7.05 Å². The van der Waals surface area contributed by atoms with E-state index in [0.29, 0.717) is 0 Å². The van der Waals surface area contributed by atoms with Gasteiger partial charge >= 0.3 is 0 Å². The number of nitrogens with zero attached hydrogens (tertiary/aromatic N) is 4. The maximum atomic E-state index is 4.08. The summed E-state index contributed by atoms with van der Waals surface area (Å²) in [7, 11) is 1.94. The van der Waals surface area contributed by atoms with Gasteiger partial charge in [-0.05, 0) is 25.5 Å². The maximum Gasteiger partial charge on any atom is 0.154 e. The van der Waals surface area contributed by atoms with Crippen molar-refractivity contribution in [2.24, 2.45) is 7.05 Å². The topological polar surface area (TPSA) is 55.6 Å². The third-order valence-electron chi connectivity index (χ3n) is 2.53. The fraction of sp³-hybridized carbons (Fsp3) is 0.364. The van der Waals surface area contributed by atoms with Crippen molar-refractivity contribution >= 4 is 5.69 Å². The molecule has 1 N–H and O–H groups in total. The summed E-state index contributed by atoms with van der Waals surface area (Å²) in [6.07, 6.45) is 5.32. The van der Waals surface area contributed by atoms with Gasteiger partial charge in [-0.2, -0.15) is 0 Å². The molecular weight excluding hydrogens is 202 g/mol. The highest BCUT2D eigenvalue weighted by molar-refractivity contribution is 5.49. The maximum absolute atomic E-state index is 4.08. The summed E-state index contributed by atoms with van der Waals surface area (Å²) in [5.41, 5.74) is 2.20. The zero-order chi connectivity index (χ0) is 11.5. The first kappa shape index (κ1) is 10.6. The Kier molecular flexibility index (Phi) is 2.85. The quantitative estimate of drug-likeness (QED) is 0.850. The van der Waals surface area contributed by atoms with E-state index in [2.05, 4.69) is 27.4 Å². The minimum Gasteiger partial charge on any atom is -0.375 e. The summed E-state index contributed by atoms with van der Waals surface area (Å²) in [6, 6.07) is 2.08. The lowest BCUT2D eigenvalue weighted by Gasteiger charge is -2.15. The standard InChI is InChI=1S/C11H15N5/c1-8-6-12-5-4-10(8)14-9(2)11-15-13-7-16(11)3/h4-7,9H,1-3H3,(H,12,14). The van der Waals surface area contributed by atoms with E-state index in [4.69, 9.17) is 0 Å². The first-order valence-electron chi connectivity index (χ1n) is 5.19. The van der Waals surface area contributed by atoms with E-state index in [0.717, 1.165) is 17.1 Å². The Hall–Kier alpha value is -1.91. The van der Waals surface area contributed by atoms with Gasteiger partial charge in [0.25, 0.3) is 0 Å². The molecular formula is C11H15N5. The molecule has 2 aromatic heterocycles. The average molecular weight is 217 g/mol. The van der Waals surface area contributed by atoms with Gasteiger partial charge in [-0.3, -0.25) is 4.98 Å². The van der Waals surface area contributed by atoms with E-state index in [9.17, 15) is 0 Å². The number of aryl methyl sites for hydroxylation is 2. The Balaban J connectivity index is 2.17. The highest BCUT2D eigenvalue weighted by Crippen LogP contribution is 2.19. The molecule has 0 aliphatic carbocycles. The number of pyridine rings is 1. The van der Waals surface area contributed by atoms with Gasteiger partial charge in [-0.25, -0.2) is 0 Å². The van der Waals surface area contributed by atoms with Crippen LogP contribution in [-0.4, -0.2) is 19.7 Å². The Labute approximate surface area is 94.5 Å². The van der Waals surface area contributed by atoms with Crippen molar-refractivity contribution in [3.63, 3.8) is 0 Å². The molecule has 0 radical (unpaired) electrons. The molecule has 0 aromatic carbocycles. The lowest BCUT2D eigenvalue weighted by molar-refractivity contribution is 0.718. The third-order valence-corrected chi connectivity index (χ3v) is 2.53. The van der Waals surface area contributed by atoms with Crippen molar-refractivity contribution in [1.29, 1.82) is 0 Å². The number of anilines is 1. The van der Waals surface area contributed by atoms with Crippen LogP contribution in [0.25, 0.3) is 0 Å². The van der Waals surface area contributed by atoms with Gasteiger partial charge in [-0.15, -0.1) is 10.2 Å². The summed E-state index contributed by atoms with van der Waals surface area (Å²) in [4.78, 5) is 4.06. The van der Waals surface area contributed by atoms with Crippen LogP contribution in [0, 0.1) is 6.92 Å². The van der Waals surface area contributed by atoms with Crippen LogP contribution in [0.3, 0.4) is 0 Å². The number of hydrogen-bond acceptors (Lipinski definition) is 4. The third kappa shape index (κ3) is 2.03. The van der Waals surface area contributed by atoms with Gasteiger partial charge in [0.15, 0.2) is 5.82 Å². The number of hydrogen-bond donors (Lipinski definition) is 1. The van der Waals surface area contributed by atoms with Crippen molar-refractivity contribution in [2.75, 3.05) is 5.32 Å². The summed E-state index contributed by atoms with van der Waals surface area (Å²) >= 11 is 0. The molecule has 2 rings (SSSR count). The monoisotopic (exact) mass is 217 g/mol. The van der Waals surface area contributed by atoms with Crippen molar-refractivity contribution < 1.29 is 0 Å². The molecule has 2 aromatic rings. The van der Waals surface area contributed by atoms with Gasteiger partial charge in [-0.1, -0.05) is 0 Å². The Morgan fingerprint density at radius 1 is 1.44 bits per heavy atom. The molecule has 5 nitrogen and oxygen atoms in total. The Bertz CT molecular complexity index is 477. The predicted octanol–water partition coefficient (Wildman–Crippen LogP) is 1.69. The summed E-state index contributed by atoms with van der Waals surface area (Å²) < 4.78 is 1.91. The van der Waals surface area contributed by atoms with Gasteiger partial charge in [0.1, 0.15) is 6.33 Å². The summed E-state index contributed by atoms with van der Waals surface area (Å²) in [5.74, 6) is 0.913. The predicted molar refractivity (Wildman–Crippen MR) is 62.0 cm³/mol. The highest BCUT2D eigenvalue weighted by atomic mass is 15.3. The van der Waals surface area contributed by atoms with E-state index in [1.807, 2.05) is 30.8 Å². The molecule has 5 heteroatoms. The van der Waals surface area contributed by atoms with Crippen LogP contribution in [0.1, 0.15) is 24.4 Å². The smallest absolute Gasteiger partial charge is 0.154 e. The molecule has 1 unspecified atom stereocenters. The summed E-state index contributed by atoms with van der Waals surface area (Å²) in [6.45, 7) is 4.09. The lowest BCUT2D eigenvalue weighted by Crippen LogP contribution is -2.12. The molecule has 2 heterocycles. The van der Waals surface area contributed by atoms with Crippen molar-refractivity contribution in [2.45, 2.75) is 19.9 Å². The lowest BCUT2D eigenvalue weighted by atomic mass is 10.2. The first-order valence-corrected chi connectivity index (χ1v) is 5.19. The molecule has 0 fully saturated rings. The van der Waals surface area contributed by atoms with Crippen molar-refractivity contribution in [3.05, 3.63) is 36.2 Å². The van der Waals surface area contributed by atoms with Crippen molar-refractivity contribution in [1.82, 2.24) is 19.7 Å². The second-order valence-electron chi connectivity index (χ2n) is 3.86. The molecule has 0 amide bonds. The zero-order valence-corrected chi connectivity index (χ0v) is 9.68. The van der Waals surface area contributed by atoms with Crippen LogP contribution in [0.2, 0.25) is 0 Å². The van der Waals surface area contributed by atoms with E-state index in [1.54, 1.807) is 12.5 Å². The van der Waals surface area contributed by atoms with Crippen LogP contribution >= 0.6 is 0 Å². The van der Waals surface area contributed by atoms with E-state index < -0.39 is 0 Å². The molecule has 0 saturated carbocycles. The minimum absolute atomic E-state index is 0.119. The van der Waals surface area contributed by atoms with Gasteiger partial charge < -0.3 is 9.88 Å². The van der Waals surface area contributed by atoms with Crippen molar-refractivity contribution in [3.8, 4) is 0 Å². The zero-order valence-electron chi connectivity index (χ0n) is 9.68. The molecule has 0 spiro atoms. The fourth-order valence-corrected chi connectivity index (χ4v) is 1.62. The Morgan fingerprint density at radius 3 is 2.88 bits per heavy atom. The second kappa shape index (κ2) is 4.30. The highest BCUT2D eigenvalue weighted by Gasteiger charge is 2.11. The van der Waals surface area contributed by atoms with E-state index in [-0.39, 0.29) is 6.04 Å². The molecule has 0 aliphatic heterocycles. The largest absolute Gasteiger partial charge is 0.375 e. The molecule has 84 valence electrons. The normalized spacial score (nSPS) is 12.4. The summed E-state index contributed by atoms with van der Waals surface area (Å²) in [5, 5.41) is 11.3. The van der Waals surface area contributed by atoms with E-state index in [1.165, 1.54) is 0 Å². The van der Waals surface area contributed by atoms with Crippen LogP contribution in [0.4, 0.5) is 5.69 Å². The molecule has 0 aliphatic rings. The second-order valence-corrected chi connectivity index (χ2v) is 3.86. The number of rotatable bonds is 3. The average Bonchev–Trinajstić information content (AvgIpc) is 2.68. The molecule has 1 atom stereocenters. The van der Waals surface area contributed by atoms with E-state index >= 15 is 0 Å².